The smallest absolute Gasteiger partial charge is 0.254 e. The molecular weight excluding hydrogens is 424 g/mol. The maximum atomic E-state index is 12.5. The first-order chi connectivity index (χ1) is 13.2. The minimum atomic E-state index is -0.000857. The number of thiophene rings is 1. The lowest BCUT2D eigenvalue weighted by molar-refractivity contribution is 0.241. The summed E-state index contributed by atoms with van der Waals surface area (Å²) in [5.74, 6) is 0.673. The van der Waals surface area contributed by atoms with Gasteiger partial charge in [-0.1, -0.05) is 22.0 Å². The molecule has 136 valence electrons. The second kappa shape index (κ2) is 6.74. The van der Waals surface area contributed by atoms with E-state index in [9.17, 15) is 4.79 Å². The van der Waals surface area contributed by atoms with Gasteiger partial charge in [0.15, 0.2) is 5.82 Å². The van der Waals surface area contributed by atoms with Crippen LogP contribution in [0, 0.1) is 0 Å². The molecule has 1 aromatic carbocycles. The number of benzene rings is 1. The number of hydrogen-bond acceptors (Lipinski definition) is 4. The number of rotatable bonds is 3. The van der Waals surface area contributed by atoms with Gasteiger partial charge >= 0.3 is 0 Å². The normalized spacial score (nSPS) is 14.6. The Morgan fingerprint density at radius 3 is 3.07 bits per heavy atom. The number of aromatic nitrogens is 3. The minimum absolute atomic E-state index is 0.000857. The first kappa shape index (κ1) is 16.9. The summed E-state index contributed by atoms with van der Waals surface area (Å²) in [5.41, 5.74) is 4.12. The van der Waals surface area contributed by atoms with E-state index in [1.54, 1.807) is 11.3 Å². The molecule has 3 aromatic heterocycles. The Morgan fingerprint density at radius 2 is 2.22 bits per heavy atom. The lowest BCUT2D eigenvalue weighted by Gasteiger charge is -2.27. The van der Waals surface area contributed by atoms with Crippen LogP contribution >= 0.6 is 27.3 Å². The quantitative estimate of drug-likeness (QED) is 0.498. The summed E-state index contributed by atoms with van der Waals surface area (Å²) < 4.78 is 1.08. The van der Waals surface area contributed by atoms with Gasteiger partial charge in [0, 0.05) is 46.8 Å². The summed E-state index contributed by atoms with van der Waals surface area (Å²) in [5, 5.41) is 3.23. The molecule has 5 nitrogen and oxygen atoms in total. The van der Waals surface area contributed by atoms with E-state index >= 15 is 0 Å². The average molecular weight is 441 g/mol. The molecule has 0 fully saturated rings. The summed E-state index contributed by atoms with van der Waals surface area (Å²) in [6.45, 7) is 2.38. The Labute approximate surface area is 168 Å². The van der Waals surface area contributed by atoms with Crippen molar-refractivity contribution in [3.05, 3.63) is 73.6 Å². The lowest BCUT2D eigenvalue weighted by atomic mass is 10.1. The Bertz CT molecular complexity index is 1180. The molecule has 0 atom stereocenters. The van der Waals surface area contributed by atoms with Crippen molar-refractivity contribution in [2.75, 3.05) is 6.54 Å². The molecule has 0 amide bonds. The molecule has 0 saturated carbocycles. The Balaban J connectivity index is 1.45. The van der Waals surface area contributed by atoms with Gasteiger partial charge in [-0.3, -0.25) is 9.69 Å². The van der Waals surface area contributed by atoms with E-state index in [-0.39, 0.29) is 5.56 Å². The maximum Gasteiger partial charge on any atom is 0.254 e. The standard InChI is InChI=1S/C20H17BrN4OS/c21-13-3-4-16-15(8-13)12(9-22-16)10-25-6-5-14-17(11-25)23-19(24-20(14)26)18-2-1-7-27-18/h1-4,7-9,22H,5-6,10-11H2,(H,23,24,26). The molecule has 2 N–H and O–H groups in total. The van der Waals surface area contributed by atoms with Gasteiger partial charge in [-0.25, -0.2) is 4.98 Å². The molecule has 0 radical (unpaired) electrons. The van der Waals surface area contributed by atoms with E-state index in [0.29, 0.717) is 12.4 Å². The van der Waals surface area contributed by atoms with Gasteiger partial charge in [0.1, 0.15) is 0 Å². The van der Waals surface area contributed by atoms with Crippen LogP contribution in [0.25, 0.3) is 21.6 Å². The second-order valence-electron chi connectivity index (χ2n) is 6.78. The third-order valence-corrected chi connectivity index (χ3v) is 6.40. The highest BCUT2D eigenvalue weighted by molar-refractivity contribution is 9.10. The number of hydrogen-bond donors (Lipinski definition) is 2. The topological polar surface area (TPSA) is 64.8 Å². The van der Waals surface area contributed by atoms with Gasteiger partial charge in [0.05, 0.1) is 10.6 Å². The van der Waals surface area contributed by atoms with Crippen LogP contribution < -0.4 is 5.56 Å². The van der Waals surface area contributed by atoms with Gasteiger partial charge in [-0.05, 0) is 41.6 Å². The molecule has 5 rings (SSSR count). The zero-order valence-electron chi connectivity index (χ0n) is 14.5. The monoisotopic (exact) mass is 440 g/mol. The number of aromatic amines is 2. The van der Waals surface area contributed by atoms with Crippen LogP contribution in [0.2, 0.25) is 0 Å². The van der Waals surface area contributed by atoms with E-state index < -0.39 is 0 Å². The lowest BCUT2D eigenvalue weighted by Crippen LogP contribution is -2.35. The van der Waals surface area contributed by atoms with E-state index in [4.69, 9.17) is 4.98 Å². The average Bonchev–Trinajstić information content (AvgIpc) is 3.32. The largest absolute Gasteiger partial charge is 0.361 e. The second-order valence-corrected chi connectivity index (χ2v) is 8.64. The molecule has 1 aliphatic heterocycles. The molecule has 0 spiro atoms. The molecule has 0 bridgehead atoms. The van der Waals surface area contributed by atoms with Crippen LogP contribution in [0.5, 0.6) is 0 Å². The van der Waals surface area contributed by atoms with Gasteiger partial charge in [0.2, 0.25) is 0 Å². The molecule has 4 aromatic rings. The van der Waals surface area contributed by atoms with Crippen LogP contribution in [0.1, 0.15) is 16.8 Å². The van der Waals surface area contributed by atoms with Gasteiger partial charge in [-0.15, -0.1) is 11.3 Å². The van der Waals surface area contributed by atoms with Crippen molar-refractivity contribution >= 4 is 38.2 Å². The number of H-pyrrole nitrogens is 2. The first-order valence-electron chi connectivity index (χ1n) is 8.81. The van der Waals surface area contributed by atoms with E-state index in [1.165, 1.54) is 10.9 Å². The van der Waals surface area contributed by atoms with Crippen LogP contribution in [-0.2, 0) is 19.5 Å². The molecule has 0 unspecified atom stereocenters. The molecule has 4 heterocycles. The molecule has 0 aliphatic carbocycles. The fourth-order valence-electron chi connectivity index (χ4n) is 3.68. The summed E-state index contributed by atoms with van der Waals surface area (Å²) in [6.07, 6.45) is 2.81. The molecule has 0 saturated heterocycles. The fraction of sp³-hybridized carbons (Fsp3) is 0.200. The summed E-state index contributed by atoms with van der Waals surface area (Å²) in [4.78, 5) is 26.9. The highest BCUT2D eigenvalue weighted by Gasteiger charge is 2.22. The van der Waals surface area contributed by atoms with Crippen molar-refractivity contribution in [2.24, 2.45) is 0 Å². The van der Waals surface area contributed by atoms with Gasteiger partial charge < -0.3 is 9.97 Å². The van der Waals surface area contributed by atoms with E-state index in [0.717, 1.165) is 45.6 Å². The van der Waals surface area contributed by atoms with Crippen molar-refractivity contribution in [1.29, 1.82) is 0 Å². The molecule has 1 aliphatic rings. The highest BCUT2D eigenvalue weighted by atomic mass is 79.9. The maximum absolute atomic E-state index is 12.5. The summed E-state index contributed by atoms with van der Waals surface area (Å²) >= 11 is 5.15. The summed E-state index contributed by atoms with van der Waals surface area (Å²) in [6, 6.07) is 10.2. The number of nitrogens with zero attached hydrogens (tertiary/aromatic N) is 2. The first-order valence-corrected chi connectivity index (χ1v) is 10.5. The van der Waals surface area contributed by atoms with Crippen LogP contribution in [-0.4, -0.2) is 26.4 Å². The van der Waals surface area contributed by atoms with Crippen LogP contribution in [0.4, 0.5) is 0 Å². The Morgan fingerprint density at radius 1 is 1.30 bits per heavy atom. The predicted molar refractivity (Wildman–Crippen MR) is 112 cm³/mol. The third kappa shape index (κ3) is 3.16. The van der Waals surface area contributed by atoms with Crippen LogP contribution in [0.3, 0.4) is 0 Å². The van der Waals surface area contributed by atoms with Crippen molar-refractivity contribution < 1.29 is 0 Å². The van der Waals surface area contributed by atoms with Crippen molar-refractivity contribution in [1.82, 2.24) is 19.9 Å². The SMILES string of the molecule is O=c1[nH]c(-c2cccs2)nc2c1CCN(Cc1c[nH]c3ccc(Br)cc13)C2. The number of nitrogens with one attached hydrogen (secondary N) is 2. The fourth-order valence-corrected chi connectivity index (χ4v) is 4.71. The van der Waals surface area contributed by atoms with Gasteiger partial charge in [0.25, 0.3) is 5.56 Å². The molecule has 27 heavy (non-hydrogen) atoms. The van der Waals surface area contributed by atoms with Crippen molar-refractivity contribution in [2.45, 2.75) is 19.5 Å². The van der Waals surface area contributed by atoms with E-state index in [1.807, 2.05) is 23.6 Å². The number of fused-ring (bicyclic) bond motifs is 2. The van der Waals surface area contributed by atoms with Gasteiger partial charge in [-0.2, -0.15) is 0 Å². The number of halogens is 1. The minimum Gasteiger partial charge on any atom is -0.361 e. The Kier molecular flexibility index (Phi) is 4.22. The Hall–Kier alpha value is -2.22. The zero-order chi connectivity index (χ0) is 18.4. The third-order valence-electron chi connectivity index (χ3n) is 5.03. The molecule has 7 heteroatoms. The molecular formula is C20H17BrN4OS. The highest BCUT2D eigenvalue weighted by Crippen LogP contribution is 2.26. The van der Waals surface area contributed by atoms with Crippen molar-refractivity contribution in [3.63, 3.8) is 0 Å². The van der Waals surface area contributed by atoms with Crippen molar-refractivity contribution in [3.8, 4) is 10.7 Å². The zero-order valence-corrected chi connectivity index (χ0v) is 16.9. The summed E-state index contributed by atoms with van der Waals surface area (Å²) in [7, 11) is 0. The van der Waals surface area contributed by atoms with Crippen LogP contribution in [0.15, 0.2) is 51.2 Å². The van der Waals surface area contributed by atoms with E-state index in [2.05, 4.69) is 49.1 Å². The predicted octanol–water partition coefficient (Wildman–Crippen LogP) is 4.30.